The zero-order chi connectivity index (χ0) is 13.8. The first-order valence-electron chi connectivity index (χ1n) is 5.96. The molecule has 0 amide bonds. The fraction of sp³-hybridized carbons (Fsp3) is 0.286. The van der Waals surface area contributed by atoms with Crippen LogP contribution in [0.2, 0.25) is 0 Å². The molecule has 0 atom stereocenters. The van der Waals surface area contributed by atoms with Crippen molar-refractivity contribution in [1.82, 2.24) is 4.98 Å². The zero-order valence-corrected chi connectivity index (χ0v) is 10.5. The Morgan fingerprint density at radius 2 is 2.00 bits per heavy atom. The molecule has 2 aromatic rings. The van der Waals surface area contributed by atoms with Crippen LogP contribution in [0.1, 0.15) is 22.9 Å². The van der Waals surface area contributed by atoms with E-state index in [0.717, 1.165) is 5.56 Å². The third-order valence-electron chi connectivity index (χ3n) is 2.80. The molecular weight excluding hydrogens is 249 g/mol. The molecule has 1 aromatic heterocycles. The van der Waals surface area contributed by atoms with Crippen LogP contribution in [-0.2, 0) is 24.1 Å². The lowest BCUT2D eigenvalue weighted by Gasteiger charge is -1.98. The second-order valence-electron chi connectivity index (χ2n) is 4.31. The van der Waals surface area contributed by atoms with Gasteiger partial charge in [-0.1, -0.05) is 12.1 Å². The highest BCUT2D eigenvalue weighted by Gasteiger charge is 2.12. The summed E-state index contributed by atoms with van der Waals surface area (Å²) >= 11 is 0. The number of benzene rings is 1. The van der Waals surface area contributed by atoms with Crippen LogP contribution in [0.4, 0.5) is 4.39 Å². The number of carboxylic acids is 1. The second kappa shape index (κ2) is 5.65. The van der Waals surface area contributed by atoms with Crippen LogP contribution >= 0.6 is 0 Å². The molecule has 0 aliphatic rings. The Kier molecular flexibility index (Phi) is 3.94. The Labute approximate surface area is 109 Å². The van der Waals surface area contributed by atoms with E-state index in [2.05, 4.69) is 4.98 Å². The van der Waals surface area contributed by atoms with Crippen molar-refractivity contribution in [3.63, 3.8) is 0 Å². The van der Waals surface area contributed by atoms with Crippen LogP contribution in [-0.4, -0.2) is 16.1 Å². The quantitative estimate of drug-likeness (QED) is 0.900. The third kappa shape index (κ3) is 3.64. The molecule has 0 bridgehead atoms. The van der Waals surface area contributed by atoms with Gasteiger partial charge < -0.3 is 9.52 Å². The Bertz CT molecular complexity index is 575. The van der Waals surface area contributed by atoms with Gasteiger partial charge in [0.25, 0.3) is 0 Å². The van der Waals surface area contributed by atoms with Crippen LogP contribution in [0.25, 0.3) is 0 Å². The van der Waals surface area contributed by atoms with Crippen LogP contribution in [0, 0.1) is 12.7 Å². The number of nitrogens with zero attached hydrogens (tertiary/aromatic N) is 1. The van der Waals surface area contributed by atoms with E-state index >= 15 is 0 Å². The van der Waals surface area contributed by atoms with E-state index in [1.54, 1.807) is 19.1 Å². The number of oxazole rings is 1. The number of halogens is 1. The minimum atomic E-state index is -0.929. The highest BCUT2D eigenvalue weighted by atomic mass is 19.1. The summed E-state index contributed by atoms with van der Waals surface area (Å²) < 4.78 is 18.2. The summed E-state index contributed by atoms with van der Waals surface area (Å²) in [4.78, 5) is 14.8. The van der Waals surface area contributed by atoms with Gasteiger partial charge in [0.1, 0.15) is 11.6 Å². The van der Waals surface area contributed by atoms with E-state index in [1.165, 1.54) is 12.1 Å². The molecule has 0 unspecified atom stereocenters. The lowest BCUT2D eigenvalue weighted by molar-refractivity contribution is -0.136. The van der Waals surface area contributed by atoms with Gasteiger partial charge >= 0.3 is 5.97 Å². The fourth-order valence-electron chi connectivity index (χ4n) is 1.80. The molecular formula is C14H14FNO3. The van der Waals surface area contributed by atoms with Crippen LogP contribution in [0.5, 0.6) is 0 Å². The highest BCUT2D eigenvalue weighted by Crippen LogP contribution is 2.13. The maximum absolute atomic E-state index is 12.7. The van der Waals surface area contributed by atoms with Gasteiger partial charge in [-0.2, -0.15) is 0 Å². The van der Waals surface area contributed by atoms with E-state index in [9.17, 15) is 9.18 Å². The number of carbonyl (C=O) groups is 1. The summed E-state index contributed by atoms with van der Waals surface area (Å²) in [6, 6.07) is 6.24. The van der Waals surface area contributed by atoms with Gasteiger partial charge in [0.2, 0.25) is 0 Å². The molecule has 19 heavy (non-hydrogen) atoms. The Morgan fingerprint density at radius 3 is 2.63 bits per heavy atom. The lowest BCUT2D eigenvalue weighted by Crippen LogP contribution is -2.02. The first-order chi connectivity index (χ1) is 9.04. The molecule has 0 radical (unpaired) electrons. The van der Waals surface area contributed by atoms with E-state index in [0.29, 0.717) is 30.2 Å². The van der Waals surface area contributed by atoms with Gasteiger partial charge in [-0.25, -0.2) is 9.37 Å². The predicted octanol–water partition coefficient (Wildman–Crippen LogP) is 2.53. The summed E-state index contributed by atoms with van der Waals surface area (Å²) in [7, 11) is 0. The molecule has 0 aliphatic heterocycles. The van der Waals surface area contributed by atoms with E-state index < -0.39 is 5.97 Å². The maximum Gasteiger partial charge on any atom is 0.309 e. The molecule has 0 fully saturated rings. The van der Waals surface area contributed by atoms with Gasteiger partial charge in [-0.3, -0.25) is 4.79 Å². The van der Waals surface area contributed by atoms with Crippen molar-refractivity contribution < 1.29 is 18.7 Å². The van der Waals surface area contributed by atoms with E-state index in [1.807, 2.05) is 0 Å². The molecule has 0 aliphatic carbocycles. The first-order valence-corrected chi connectivity index (χ1v) is 5.96. The Balaban J connectivity index is 1.99. The number of rotatable bonds is 5. The zero-order valence-electron chi connectivity index (χ0n) is 10.5. The number of hydrogen-bond acceptors (Lipinski definition) is 3. The Hall–Kier alpha value is -2.17. The average Bonchev–Trinajstić information content (AvgIpc) is 2.69. The molecule has 1 N–H and O–H groups in total. The predicted molar refractivity (Wildman–Crippen MR) is 66.4 cm³/mol. The van der Waals surface area contributed by atoms with Crippen molar-refractivity contribution >= 4 is 5.97 Å². The van der Waals surface area contributed by atoms with Crippen molar-refractivity contribution in [3.8, 4) is 0 Å². The SMILES string of the molecule is Cc1oc(CCc2ccc(F)cc2)nc1CC(=O)O. The molecule has 0 saturated heterocycles. The monoisotopic (exact) mass is 263 g/mol. The van der Waals surface area contributed by atoms with Crippen LogP contribution < -0.4 is 0 Å². The average molecular weight is 263 g/mol. The van der Waals surface area contributed by atoms with Gasteiger partial charge in [0, 0.05) is 6.42 Å². The summed E-state index contributed by atoms with van der Waals surface area (Å²) in [5.74, 6) is -0.143. The number of aromatic nitrogens is 1. The van der Waals surface area contributed by atoms with Gasteiger partial charge in [-0.05, 0) is 31.0 Å². The fourth-order valence-corrected chi connectivity index (χ4v) is 1.80. The molecule has 1 aromatic carbocycles. The van der Waals surface area contributed by atoms with Gasteiger partial charge in [-0.15, -0.1) is 0 Å². The molecule has 5 heteroatoms. The minimum absolute atomic E-state index is 0.133. The van der Waals surface area contributed by atoms with E-state index in [-0.39, 0.29) is 12.2 Å². The van der Waals surface area contributed by atoms with Gasteiger partial charge in [0.15, 0.2) is 5.89 Å². The summed E-state index contributed by atoms with van der Waals surface area (Å²) in [6.45, 7) is 1.70. The normalized spacial score (nSPS) is 10.6. The molecule has 0 saturated carbocycles. The summed E-state index contributed by atoms with van der Waals surface area (Å²) in [5, 5.41) is 8.72. The van der Waals surface area contributed by atoms with Crippen molar-refractivity contribution in [3.05, 3.63) is 53.0 Å². The maximum atomic E-state index is 12.7. The molecule has 2 rings (SSSR count). The third-order valence-corrected chi connectivity index (χ3v) is 2.80. The second-order valence-corrected chi connectivity index (χ2v) is 4.31. The topological polar surface area (TPSA) is 63.3 Å². The number of aliphatic carboxylic acids is 1. The van der Waals surface area contributed by atoms with E-state index in [4.69, 9.17) is 9.52 Å². The van der Waals surface area contributed by atoms with Crippen LogP contribution in [0.15, 0.2) is 28.7 Å². The summed E-state index contributed by atoms with van der Waals surface area (Å²) in [6.07, 6.45) is 1.10. The van der Waals surface area contributed by atoms with Crippen molar-refractivity contribution in [2.24, 2.45) is 0 Å². The largest absolute Gasteiger partial charge is 0.481 e. The van der Waals surface area contributed by atoms with Gasteiger partial charge in [0.05, 0.1) is 12.1 Å². The smallest absolute Gasteiger partial charge is 0.309 e. The number of aryl methyl sites for hydroxylation is 3. The minimum Gasteiger partial charge on any atom is -0.481 e. The molecule has 0 spiro atoms. The molecule has 1 heterocycles. The number of hydrogen-bond donors (Lipinski definition) is 1. The molecule has 100 valence electrons. The standard InChI is InChI=1S/C14H14FNO3/c1-9-12(8-14(17)18)16-13(19-9)7-4-10-2-5-11(15)6-3-10/h2-3,5-6H,4,7-8H2,1H3,(H,17,18). The number of carboxylic acid groups (broad SMARTS) is 1. The Morgan fingerprint density at radius 1 is 1.32 bits per heavy atom. The van der Waals surface area contributed by atoms with Crippen molar-refractivity contribution in [2.75, 3.05) is 0 Å². The van der Waals surface area contributed by atoms with Crippen molar-refractivity contribution in [1.29, 1.82) is 0 Å². The highest BCUT2D eigenvalue weighted by molar-refractivity contribution is 5.69. The lowest BCUT2D eigenvalue weighted by atomic mass is 10.1. The van der Waals surface area contributed by atoms with Crippen LogP contribution in [0.3, 0.4) is 0 Å². The first kappa shape index (κ1) is 13.3. The molecule has 4 nitrogen and oxygen atoms in total. The van der Waals surface area contributed by atoms with Crippen molar-refractivity contribution in [2.45, 2.75) is 26.2 Å². The summed E-state index contributed by atoms with van der Waals surface area (Å²) in [5.41, 5.74) is 1.44.